The Kier molecular flexibility index (Phi) is 5.79. The van der Waals surface area contributed by atoms with E-state index in [4.69, 9.17) is 9.66 Å². The SMILES string of the molecule is O=C(O)CCC(C(=O)O)C(CS(=O)(=O)O)c1ccncc1. The monoisotopic (exact) mass is 317 g/mol. The van der Waals surface area contributed by atoms with E-state index in [0.29, 0.717) is 5.56 Å². The van der Waals surface area contributed by atoms with Gasteiger partial charge in [0.2, 0.25) is 0 Å². The molecule has 1 rings (SSSR count). The van der Waals surface area contributed by atoms with E-state index in [9.17, 15) is 23.1 Å². The van der Waals surface area contributed by atoms with Crippen LogP contribution in [0.15, 0.2) is 24.5 Å². The minimum absolute atomic E-state index is 0.243. The van der Waals surface area contributed by atoms with Crippen LogP contribution in [0, 0.1) is 5.92 Å². The maximum atomic E-state index is 11.3. The van der Waals surface area contributed by atoms with Crippen LogP contribution in [-0.2, 0) is 19.7 Å². The molecule has 9 heteroatoms. The molecule has 2 unspecified atom stereocenters. The van der Waals surface area contributed by atoms with Gasteiger partial charge in [-0.05, 0) is 24.1 Å². The van der Waals surface area contributed by atoms with E-state index in [2.05, 4.69) is 4.98 Å². The van der Waals surface area contributed by atoms with E-state index in [1.807, 2.05) is 0 Å². The number of aromatic nitrogens is 1. The van der Waals surface area contributed by atoms with Crippen molar-refractivity contribution < 1.29 is 32.8 Å². The predicted molar refractivity (Wildman–Crippen MR) is 71.4 cm³/mol. The zero-order valence-electron chi connectivity index (χ0n) is 10.9. The molecular formula is C12H15NO7S. The van der Waals surface area contributed by atoms with Crippen LogP contribution in [0.3, 0.4) is 0 Å². The minimum atomic E-state index is -4.42. The molecule has 0 aliphatic carbocycles. The molecule has 116 valence electrons. The van der Waals surface area contributed by atoms with Crippen molar-refractivity contribution >= 4 is 22.1 Å². The normalized spacial score (nSPS) is 14.3. The average Bonchev–Trinajstić information content (AvgIpc) is 2.36. The summed E-state index contributed by atoms with van der Waals surface area (Å²) in [6.45, 7) is 0. The van der Waals surface area contributed by atoms with Crippen LogP contribution >= 0.6 is 0 Å². The van der Waals surface area contributed by atoms with Gasteiger partial charge in [-0.1, -0.05) is 0 Å². The Morgan fingerprint density at radius 1 is 1.19 bits per heavy atom. The molecule has 0 aromatic carbocycles. The van der Waals surface area contributed by atoms with E-state index in [1.54, 1.807) is 0 Å². The van der Waals surface area contributed by atoms with Crippen molar-refractivity contribution in [2.45, 2.75) is 18.8 Å². The summed E-state index contributed by atoms with van der Waals surface area (Å²) >= 11 is 0. The van der Waals surface area contributed by atoms with Crippen LogP contribution in [0.25, 0.3) is 0 Å². The van der Waals surface area contributed by atoms with Crippen LogP contribution in [0.4, 0.5) is 0 Å². The largest absolute Gasteiger partial charge is 0.481 e. The van der Waals surface area contributed by atoms with Crippen LogP contribution in [-0.4, -0.2) is 45.9 Å². The second kappa shape index (κ2) is 7.14. The van der Waals surface area contributed by atoms with Gasteiger partial charge in [0, 0.05) is 24.7 Å². The third kappa shape index (κ3) is 5.88. The molecule has 1 aromatic heterocycles. The Morgan fingerprint density at radius 3 is 2.19 bits per heavy atom. The molecule has 8 nitrogen and oxygen atoms in total. The summed E-state index contributed by atoms with van der Waals surface area (Å²) in [5.41, 5.74) is 0.361. The number of carboxylic acid groups (broad SMARTS) is 2. The van der Waals surface area contributed by atoms with Gasteiger partial charge in [-0.3, -0.25) is 19.1 Å². The molecule has 0 fully saturated rings. The fraction of sp³-hybridized carbons (Fsp3) is 0.417. The van der Waals surface area contributed by atoms with Crippen molar-refractivity contribution in [1.29, 1.82) is 0 Å². The first kappa shape index (κ1) is 17.1. The quantitative estimate of drug-likeness (QED) is 0.592. The lowest BCUT2D eigenvalue weighted by Gasteiger charge is -2.22. The number of rotatable bonds is 8. The number of aliphatic carboxylic acids is 2. The van der Waals surface area contributed by atoms with Crippen LogP contribution in [0.1, 0.15) is 24.3 Å². The second-order valence-corrected chi connectivity index (χ2v) is 6.01. The van der Waals surface area contributed by atoms with Crippen molar-refractivity contribution in [2.24, 2.45) is 5.92 Å². The van der Waals surface area contributed by atoms with Gasteiger partial charge in [-0.25, -0.2) is 0 Å². The zero-order chi connectivity index (χ0) is 16.0. The predicted octanol–water partition coefficient (Wildman–Crippen LogP) is 0.619. The van der Waals surface area contributed by atoms with E-state index in [0.717, 1.165) is 0 Å². The molecule has 0 saturated heterocycles. The van der Waals surface area contributed by atoms with Crippen LogP contribution in [0.5, 0.6) is 0 Å². The lowest BCUT2D eigenvalue weighted by molar-refractivity contribution is -0.143. The molecule has 2 atom stereocenters. The molecule has 1 heterocycles. The summed E-state index contributed by atoms with van der Waals surface area (Å²) in [7, 11) is -4.42. The summed E-state index contributed by atoms with van der Waals surface area (Å²) in [5.74, 6) is -5.60. The van der Waals surface area contributed by atoms with Crippen molar-refractivity contribution in [3.8, 4) is 0 Å². The smallest absolute Gasteiger partial charge is 0.307 e. The summed E-state index contributed by atoms with van der Waals surface area (Å²) in [6.07, 6.45) is 2.07. The number of hydrogen-bond acceptors (Lipinski definition) is 5. The number of pyridine rings is 1. The van der Waals surface area contributed by atoms with E-state index >= 15 is 0 Å². The van der Waals surface area contributed by atoms with E-state index in [1.165, 1.54) is 24.5 Å². The topological polar surface area (TPSA) is 142 Å². The molecule has 0 aliphatic rings. The maximum Gasteiger partial charge on any atom is 0.307 e. The molecule has 0 amide bonds. The first-order valence-corrected chi connectivity index (χ1v) is 7.61. The molecule has 1 aromatic rings. The summed E-state index contributed by atoms with van der Waals surface area (Å²) < 4.78 is 31.2. The highest BCUT2D eigenvalue weighted by Crippen LogP contribution is 2.29. The fourth-order valence-corrected chi connectivity index (χ4v) is 2.94. The number of carboxylic acids is 2. The fourth-order valence-electron chi connectivity index (χ4n) is 2.06. The van der Waals surface area contributed by atoms with Gasteiger partial charge in [0.1, 0.15) is 0 Å². The number of nitrogens with zero attached hydrogens (tertiary/aromatic N) is 1. The standard InChI is InChI=1S/C12H15NO7S/c14-11(15)2-1-9(12(16)17)10(7-21(18,19)20)8-3-5-13-6-4-8/h3-6,9-10H,1-2,7H2,(H,14,15)(H,16,17)(H,18,19,20). The zero-order valence-corrected chi connectivity index (χ0v) is 11.7. The molecule has 0 spiro atoms. The first-order chi connectivity index (χ1) is 9.70. The van der Waals surface area contributed by atoms with Crippen molar-refractivity contribution in [3.63, 3.8) is 0 Å². The highest BCUT2D eigenvalue weighted by molar-refractivity contribution is 7.85. The molecule has 21 heavy (non-hydrogen) atoms. The highest BCUT2D eigenvalue weighted by atomic mass is 32.2. The van der Waals surface area contributed by atoms with Gasteiger partial charge in [0.05, 0.1) is 11.7 Å². The summed E-state index contributed by atoms with van der Waals surface area (Å²) in [5, 5.41) is 17.9. The minimum Gasteiger partial charge on any atom is -0.481 e. The van der Waals surface area contributed by atoms with Crippen molar-refractivity contribution in [2.75, 3.05) is 5.75 Å². The maximum absolute atomic E-state index is 11.3. The lowest BCUT2D eigenvalue weighted by Crippen LogP contribution is -2.28. The molecule has 0 radical (unpaired) electrons. The third-order valence-corrected chi connectivity index (χ3v) is 3.78. The van der Waals surface area contributed by atoms with Gasteiger partial charge in [0.25, 0.3) is 10.1 Å². The van der Waals surface area contributed by atoms with E-state index < -0.39 is 46.1 Å². The highest BCUT2D eigenvalue weighted by Gasteiger charge is 2.33. The molecule has 0 bridgehead atoms. The summed E-state index contributed by atoms with van der Waals surface area (Å²) in [4.78, 5) is 25.7. The van der Waals surface area contributed by atoms with Gasteiger partial charge in [-0.15, -0.1) is 0 Å². The van der Waals surface area contributed by atoms with Gasteiger partial charge in [0.15, 0.2) is 0 Å². The van der Waals surface area contributed by atoms with Crippen molar-refractivity contribution in [3.05, 3.63) is 30.1 Å². The molecular weight excluding hydrogens is 302 g/mol. The third-order valence-electron chi connectivity index (χ3n) is 3.00. The average molecular weight is 317 g/mol. The van der Waals surface area contributed by atoms with E-state index in [-0.39, 0.29) is 6.42 Å². The van der Waals surface area contributed by atoms with Gasteiger partial charge in [-0.2, -0.15) is 8.42 Å². The Balaban J connectivity index is 3.12. The second-order valence-electron chi connectivity index (χ2n) is 4.51. The lowest BCUT2D eigenvalue weighted by atomic mass is 9.85. The Morgan fingerprint density at radius 2 is 1.76 bits per heavy atom. The Bertz CT molecular complexity index is 599. The Hall–Kier alpha value is -2.00. The van der Waals surface area contributed by atoms with Crippen molar-refractivity contribution in [1.82, 2.24) is 4.98 Å². The van der Waals surface area contributed by atoms with Gasteiger partial charge >= 0.3 is 11.9 Å². The number of carbonyl (C=O) groups is 2. The molecule has 3 N–H and O–H groups in total. The molecule has 0 aliphatic heterocycles. The first-order valence-electron chi connectivity index (χ1n) is 6.00. The Labute approximate surface area is 121 Å². The number of hydrogen-bond donors (Lipinski definition) is 3. The van der Waals surface area contributed by atoms with Crippen LogP contribution < -0.4 is 0 Å². The molecule has 0 saturated carbocycles. The summed E-state index contributed by atoms with van der Waals surface area (Å²) in [6, 6.07) is 2.87. The van der Waals surface area contributed by atoms with Gasteiger partial charge < -0.3 is 10.2 Å². The van der Waals surface area contributed by atoms with Crippen LogP contribution in [0.2, 0.25) is 0 Å².